The smallest absolute Gasteiger partial charge is 0.169 e. The van der Waals surface area contributed by atoms with E-state index in [1.165, 1.54) is 6.07 Å². The molecule has 0 amide bonds. The summed E-state index contributed by atoms with van der Waals surface area (Å²) in [6.07, 6.45) is 1.07. The van der Waals surface area contributed by atoms with Crippen LogP contribution in [0.2, 0.25) is 0 Å². The van der Waals surface area contributed by atoms with E-state index in [2.05, 4.69) is 33.0 Å². The molecule has 1 N–H and O–H groups in total. The van der Waals surface area contributed by atoms with Gasteiger partial charge in [-0.15, -0.1) is 0 Å². The van der Waals surface area contributed by atoms with Gasteiger partial charge in [-0.2, -0.15) is 0 Å². The van der Waals surface area contributed by atoms with Crippen LogP contribution in [0.3, 0.4) is 0 Å². The first-order chi connectivity index (χ1) is 9.54. The standard InChI is InChI=1S/C17H24FNO/c1-5-9-19-16(12(4)11(2)3)15-10-13-7-6-8-14(18)17(13)20-15/h6-8,10-12,16,19H,5,9H2,1-4H3. The number of para-hydroxylation sites is 1. The number of fused-ring (bicyclic) bond motifs is 1. The fraction of sp³-hybridized carbons (Fsp3) is 0.529. The van der Waals surface area contributed by atoms with E-state index in [0.717, 1.165) is 24.1 Å². The second kappa shape index (κ2) is 6.40. The van der Waals surface area contributed by atoms with E-state index in [4.69, 9.17) is 4.42 Å². The lowest BCUT2D eigenvalue weighted by atomic mass is 9.88. The number of rotatable bonds is 6. The number of furan rings is 1. The van der Waals surface area contributed by atoms with E-state index >= 15 is 0 Å². The van der Waals surface area contributed by atoms with Crippen molar-refractivity contribution >= 4 is 11.0 Å². The van der Waals surface area contributed by atoms with Gasteiger partial charge in [0.1, 0.15) is 5.76 Å². The van der Waals surface area contributed by atoms with Gasteiger partial charge in [-0.25, -0.2) is 4.39 Å². The molecule has 2 atom stereocenters. The minimum atomic E-state index is -0.291. The van der Waals surface area contributed by atoms with Gasteiger partial charge in [-0.1, -0.05) is 39.8 Å². The zero-order chi connectivity index (χ0) is 14.7. The summed E-state index contributed by atoms with van der Waals surface area (Å²) in [5.41, 5.74) is 0.363. The average molecular weight is 277 g/mol. The van der Waals surface area contributed by atoms with Crippen molar-refractivity contribution in [3.63, 3.8) is 0 Å². The van der Waals surface area contributed by atoms with Gasteiger partial charge in [0.15, 0.2) is 11.4 Å². The van der Waals surface area contributed by atoms with Crippen molar-refractivity contribution in [1.29, 1.82) is 0 Å². The van der Waals surface area contributed by atoms with Crippen LogP contribution in [0.4, 0.5) is 4.39 Å². The molecule has 1 heterocycles. The molecule has 20 heavy (non-hydrogen) atoms. The van der Waals surface area contributed by atoms with Crippen LogP contribution in [0.25, 0.3) is 11.0 Å². The van der Waals surface area contributed by atoms with E-state index < -0.39 is 0 Å². The van der Waals surface area contributed by atoms with Gasteiger partial charge in [0, 0.05) is 5.39 Å². The Morgan fingerprint density at radius 1 is 1.25 bits per heavy atom. The number of benzene rings is 1. The van der Waals surface area contributed by atoms with Crippen LogP contribution < -0.4 is 5.32 Å². The first kappa shape index (κ1) is 15.0. The van der Waals surface area contributed by atoms with Crippen molar-refractivity contribution in [3.8, 4) is 0 Å². The highest BCUT2D eigenvalue weighted by Crippen LogP contribution is 2.32. The third-order valence-electron chi connectivity index (χ3n) is 4.01. The maximum atomic E-state index is 13.8. The number of hydrogen-bond acceptors (Lipinski definition) is 2. The molecule has 0 saturated heterocycles. The van der Waals surface area contributed by atoms with Crippen LogP contribution in [-0.4, -0.2) is 6.54 Å². The van der Waals surface area contributed by atoms with Crippen molar-refractivity contribution in [2.75, 3.05) is 6.54 Å². The summed E-state index contributed by atoms with van der Waals surface area (Å²) in [5, 5.41) is 4.36. The summed E-state index contributed by atoms with van der Waals surface area (Å²) in [4.78, 5) is 0. The molecule has 0 saturated carbocycles. The maximum absolute atomic E-state index is 13.8. The monoisotopic (exact) mass is 277 g/mol. The normalized spacial score (nSPS) is 14.9. The lowest BCUT2D eigenvalue weighted by Gasteiger charge is -2.26. The lowest BCUT2D eigenvalue weighted by Crippen LogP contribution is -2.29. The highest BCUT2D eigenvalue weighted by atomic mass is 19.1. The lowest BCUT2D eigenvalue weighted by molar-refractivity contribution is 0.271. The Morgan fingerprint density at radius 2 is 2.00 bits per heavy atom. The van der Waals surface area contributed by atoms with Crippen LogP contribution in [0.1, 0.15) is 45.9 Å². The molecule has 0 spiro atoms. The molecule has 0 aliphatic heterocycles. The van der Waals surface area contributed by atoms with Gasteiger partial charge in [0.2, 0.25) is 0 Å². The van der Waals surface area contributed by atoms with E-state index in [1.54, 1.807) is 6.07 Å². The first-order valence-electron chi connectivity index (χ1n) is 7.46. The topological polar surface area (TPSA) is 25.2 Å². The molecular formula is C17H24FNO. The van der Waals surface area contributed by atoms with E-state index in [0.29, 0.717) is 17.4 Å². The summed E-state index contributed by atoms with van der Waals surface area (Å²) in [7, 11) is 0. The molecule has 0 fully saturated rings. The zero-order valence-electron chi connectivity index (χ0n) is 12.7. The highest BCUT2D eigenvalue weighted by Gasteiger charge is 2.25. The number of nitrogens with one attached hydrogen (secondary N) is 1. The van der Waals surface area contributed by atoms with Crippen LogP contribution in [-0.2, 0) is 0 Å². The van der Waals surface area contributed by atoms with E-state index in [1.807, 2.05) is 12.1 Å². The Labute approximate surface area is 120 Å². The molecular weight excluding hydrogens is 253 g/mol. The predicted molar refractivity (Wildman–Crippen MR) is 81.2 cm³/mol. The van der Waals surface area contributed by atoms with Crippen molar-refractivity contribution in [2.45, 2.75) is 40.2 Å². The molecule has 2 nitrogen and oxygen atoms in total. The van der Waals surface area contributed by atoms with Crippen molar-refractivity contribution in [1.82, 2.24) is 5.32 Å². The molecule has 1 aromatic heterocycles. The Morgan fingerprint density at radius 3 is 2.60 bits per heavy atom. The summed E-state index contributed by atoms with van der Waals surface area (Å²) in [6.45, 7) is 9.69. The van der Waals surface area contributed by atoms with Crippen LogP contribution in [0.15, 0.2) is 28.7 Å². The second-order valence-electron chi connectivity index (χ2n) is 5.84. The minimum absolute atomic E-state index is 0.127. The molecule has 0 aliphatic carbocycles. The third-order valence-corrected chi connectivity index (χ3v) is 4.01. The summed E-state index contributed by atoms with van der Waals surface area (Å²) in [6, 6.07) is 7.14. The minimum Gasteiger partial charge on any atom is -0.456 e. The summed E-state index contributed by atoms with van der Waals surface area (Å²) in [5.74, 6) is 1.49. The maximum Gasteiger partial charge on any atom is 0.169 e. The second-order valence-corrected chi connectivity index (χ2v) is 5.84. The summed E-state index contributed by atoms with van der Waals surface area (Å²) < 4.78 is 19.6. The molecule has 0 bridgehead atoms. The van der Waals surface area contributed by atoms with Gasteiger partial charge in [0.05, 0.1) is 6.04 Å². The Balaban J connectivity index is 2.37. The van der Waals surface area contributed by atoms with Gasteiger partial charge < -0.3 is 9.73 Å². The quantitative estimate of drug-likeness (QED) is 0.812. The van der Waals surface area contributed by atoms with Crippen LogP contribution >= 0.6 is 0 Å². The van der Waals surface area contributed by atoms with Crippen LogP contribution in [0, 0.1) is 17.7 Å². The molecule has 0 aliphatic rings. The Kier molecular flexibility index (Phi) is 4.81. The number of hydrogen-bond donors (Lipinski definition) is 1. The van der Waals surface area contributed by atoms with Crippen molar-refractivity contribution in [3.05, 3.63) is 35.8 Å². The Hall–Kier alpha value is -1.35. The average Bonchev–Trinajstić information content (AvgIpc) is 2.84. The largest absolute Gasteiger partial charge is 0.456 e. The van der Waals surface area contributed by atoms with E-state index in [-0.39, 0.29) is 11.9 Å². The van der Waals surface area contributed by atoms with Crippen molar-refractivity contribution < 1.29 is 8.81 Å². The molecule has 2 rings (SSSR count). The summed E-state index contributed by atoms with van der Waals surface area (Å²) >= 11 is 0. The SMILES string of the molecule is CCCNC(c1cc2cccc(F)c2o1)C(C)C(C)C. The molecule has 0 radical (unpaired) electrons. The van der Waals surface area contributed by atoms with Crippen molar-refractivity contribution in [2.24, 2.45) is 11.8 Å². The molecule has 1 aromatic carbocycles. The fourth-order valence-corrected chi connectivity index (χ4v) is 2.43. The number of halogens is 1. The highest BCUT2D eigenvalue weighted by molar-refractivity contribution is 5.78. The first-order valence-corrected chi connectivity index (χ1v) is 7.46. The van der Waals surface area contributed by atoms with E-state index in [9.17, 15) is 4.39 Å². The van der Waals surface area contributed by atoms with Gasteiger partial charge in [0.25, 0.3) is 0 Å². The molecule has 110 valence electrons. The predicted octanol–water partition coefficient (Wildman–Crippen LogP) is 4.90. The molecule has 2 aromatic rings. The molecule has 3 heteroatoms. The third kappa shape index (κ3) is 3.04. The Bertz CT molecular complexity index is 561. The van der Waals surface area contributed by atoms with Gasteiger partial charge >= 0.3 is 0 Å². The fourth-order valence-electron chi connectivity index (χ4n) is 2.43. The van der Waals surface area contributed by atoms with Crippen LogP contribution in [0.5, 0.6) is 0 Å². The van der Waals surface area contributed by atoms with Gasteiger partial charge in [-0.05, 0) is 36.9 Å². The zero-order valence-corrected chi connectivity index (χ0v) is 12.7. The molecule has 2 unspecified atom stereocenters. The van der Waals surface area contributed by atoms with Gasteiger partial charge in [-0.3, -0.25) is 0 Å².